The van der Waals surface area contributed by atoms with E-state index in [1.54, 1.807) is 6.08 Å². The lowest BCUT2D eigenvalue weighted by atomic mass is 10.1. The van der Waals surface area contributed by atoms with Crippen LogP contribution in [0.15, 0.2) is 88.8 Å². The molecule has 1 heterocycles. The minimum atomic E-state index is -4.37. The van der Waals surface area contributed by atoms with Crippen molar-refractivity contribution in [3.8, 4) is 11.5 Å². The van der Waals surface area contributed by atoms with Crippen LogP contribution in [0, 0.1) is 0 Å². The molecule has 4 nitrogen and oxygen atoms in total. The number of carbonyl (C=O) groups is 1. The van der Waals surface area contributed by atoms with Crippen LogP contribution < -0.4 is 10.1 Å². The van der Waals surface area contributed by atoms with Crippen LogP contribution in [0.2, 0.25) is 0 Å². The van der Waals surface area contributed by atoms with Crippen molar-refractivity contribution in [2.45, 2.75) is 12.7 Å². The molecule has 4 rings (SSSR count). The predicted octanol–water partition coefficient (Wildman–Crippen LogP) is 6.26. The number of amidine groups is 1. The van der Waals surface area contributed by atoms with Crippen molar-refractivity contribution in [1.29, 1.82) is 0 Å². The van der Waals surface area contributed by atoms with Crippen molar-refractivity contribution >= 4 is 28.9 Å². The van der Waals surface area contributed by atoms with Crippen LogP contribution in [0.1, 0.15) is 16.7 Å². The topological polar surface area (TPSA) is 50.7 Å². The second-order valence-electron chi connectivity index (χ2n) is 6.86. The van der Waals surface area contributed by atoms with Gasteiger partial charge in [-0.1, -0.05) is 42.5 Å². The van der Waals surface area contributed by atoms with E-state index in [1.165, 1.54) is 23.9 Å². The molecule has 1 saturated heterocycles. The van der Waals surface area contributed by atoms with Gasteiger partial charge in [-0.2, -0.15) is 13.2 Å². The lowest BCUT2D eigenvalue weighted by molar-refractivity contribution is -0.137. The Morgan fingerprint density at radius 3 is 2.22 bits per heavy atom. The summed E-state index contributed by atoms with van der Waals surface area (Å²) in [6.07, 6.45) is -2.63. The zero-order valence-corrected chi connectivity index (χ0v) is 17.4. The van der Waals surface area contributed by atoms with Gasteiger partial charge in [-0.15, -0.1) is 0 Å². The van der Waals surface area contributed by atoms with Gasteiger partial charge in [-0.05, 0) is 65.4 Å². The Balaban J connectivity index is 1.38. The third-order valence-corrected chi connectivity index (χ3v) is 5.44. The summed E-state index contributed by atoms with van der Waals surface area (Å²) in [6, 6.07) is 21.5. The lowest BCUT2D eigenvalue weighted by Gasteiger charge is -2.06. The number of rotatable bonds is 5. The standard InChI is InChI=1S/C24H17F3N2O2S/c25-24(26,27)18-10-6-17(7-11-18)15-28-23-29-22(30)21(32-23)14-16-8-12-20(13-9-16)31-19-4-2-1-3-5-19/h1-14H,15H2,(H,28,29,30). The highest BCUT2D eigenvalue weighted by atomic mass is 32.2. The summed E-state index contributed by atoms with van der Waals surface area (Å²) in [7, 11) is 0. The lowest BCUT2D eigenvalue weighted by Crippen LogP contribution is -2.19. The molecule has 1 N–H and O–H groups in total. The van der Waals surface area contributed by atoms with Gasteiger partial charge in [-0.25, -0.2) is 0 Å². The average Bonchev–Trinajstić information content (AvgIpc) is 3.13. The van der Waals surface area contributed by atoms with Crippen LogP contribution in [0.25, 0.3) is 6.08 Å². The molecule has 3 aromatic carbocycles. The number of aliphatic imine (C=N–C) groups is 1. The van der Waals surface area contributed by atoms with Crippen LogP contribution in [-0.2, 0) is 17.5 Å². The maximum atomic E-state index is 12.6. The van der Waals surface area contributed by atoms with Gasteiger partial charge in [0.25, 0.3) is 5.91 Å². The molecular weight excluding hydrogens is 437 g/mol. The van der Waals surface area contributed by atoms with Gasteiger partial charge < -0.3 is 10.1 Å². The fraction of sp³-hybridized carbons (Fsp3) is 0.0833. The molecular formula is C24H17F3N2O2S. The molecule has 1 fully saturated rings. The van der Waals surface area contributed by atoms with E-state index in [0.29, 0.717) is 21.4 Å². The predicted molar refractivity (Wildman–Crippen MR) is 119 cm³/mol. The number of thioether (sulfide) groups is 1. The first-order valence-electron chi connectivity index (χ1n) is 9.61. The first kappa shape index (κ1) is 21.7. The van der Waals surface area contributed by atoms with E-state index < -0.39 is 11.7 Å². The van der Waals surface area contributed by atoms with Gasteiger partial charge in [0.15, 0.2) is 5.17 Å². The number of para-hydroxylation sites is 1. The fourth-order valence-corrected chi connectivity index (χ4v) is 3.69. The zero-order valence-electron chi connectivity index (χ0n) is 16.6. The molecule has 1 aliphatic rings. The maximum absolute atomic E-state index is 12.6. The molecule has 0 spiro atoms. The van der Waals surface area contributed by atoms with Crippen LogP contribution in [-0.4, -0.2) is 11.1 Å². The van der Waals surface area contributed by atoms with Gasteiger partial charge in [0.05, 0.1) is 17.0 Å². The highest BCUT2D eigenvalue weighted by molar-refractivity contribution is 8.18. The van der Waals surface area contributed by atoms with E-state index in [4.69, 9.17) is 4.74 Å². The number of halogens is 3. The van der Waals surface area contributed by atoms with Crippen molar-refractivity contribution in [3.05, 3.63) is 100 Å². The summed E-state index contributed by atoms with van der Waals surface area (Å²) in [5.74, 6) is 1.14. The van der Waals surface area contributed by atoms with Gasteiger partial charge >= 0.3 is 6.18 Å². The number of ether oxygens (including phenoxy) is 1. The first-order valence-corrected chi connectivity index (χ1v) is 10.4. The number of carbonyl (C=O) groups excluding carboxylic acids is 1. The third-order valence-electron chi connectivity index (χ3n) is 4.49. The molecule has 0 atom stereocenters. The zero-order chi connectivity index (χ0) is 22.6. The molecule has 1 aliphatic heterocycles. The third kappa shape index (κ3) is 5.59. The molecule has 0 unspecified atom stereocenters. The normalized spacial score (nSPS) is 16.4. The number of alkyl halides is 3. The molecule has 0 aliphatic carbocycles. The van der Waals surface area contributed by atoms with E-state index in [2.05, 4.69) is 10.3 Å². The van der Waals surface area contributed by atoms with Gasteiger partial charge in [0.1, 0.15) is 11.5 Å². The summed E-state index contributed by atoms with van der Waals surface area (Å²) < 4.78 is 43.7. The van der Waals surface area contributed by atoms with Crippen molar-refractivity contribution in [2.75, 3.05) is 0 Å². The number of benzene rings is 3. The summed E-state index contributed by atoms with van der Waals surface area (Å²) in [5.41, 5.74) is 0.738. The Labute approximate surface area is 186 Å². The molecule has 0 radical (unpaired) electrons. The maximum Gasteiger partial charge on any atom is 0.416 e. The van der Waals surface area contributed by atoms with E-state index in [-0.39, 0.29) is 12.5 Å². The van der Waals surface area contributed by atoms with Crippen molar-refractivity contribution in [3.63, 3.8) is 0 Å². The van der Waals surface area contributed by atoms with Crippen LogP contribution in [0.4, 0.5) is 13.2 Å². The number of nitrogens with one attached hydrogen (secondary N) is 1. The Morgan fingerprint density at radius 2 is 1.56 bits per heavy atom. The number of hydrogen-bond acceptors (Lipinski definition) is 4. The van der Waals surface area contributed by atoms with Gasteiger partial charge in [-0.3, -0.25) is 9.79 Å². The molecule has 0 aromatic heterocycles. The largest absolute Gasteiger partial charge is 0.457 e. The SMILES string of the molecule is O=C1NC(=NCc2ccc(C(F)(F)F)cc2)SC1=Cc1ccc(Oc2ccccc2)cc1. The summed E-state index contributed by atoms with van der Waals surface area (Å²) in [6.45, 7) is 0.166. The molecule has 0 bridgehead atoms. The number of nitrogens with zero attached hydrogens (tertiary/aromatic N) is 1. The minimum Gasteiger partial charge on any atom is -0.457 e. The number of hydrogen-bond donors (Lipinski definition) is 1. The van der Waals surface area contributed by atoms with Gasteiger partial charge in [0.2, 0.25) is 0 Å². The Morgan fingerprint density at radius 1 is 0.906 bits per heavy atom. The number of amides is 1. The Hall–Kier alpha value is -3.52. The van der Waals surface area contributed by atoms with Crippen molar-refractivity contribution in [2.24, 2.45) is 4.99 Å². The van der Waals surface area contributed by atoms with Crippen molar-refractivity contribution < 1.29 is 22.7 Å². The fourth-order valence-electron chi connectivity index (χ4n) is 2.87. The highest BCUT2D eigenvalue weighted by Gasteiger charge is 2.30. The first-order chi connectivity index (χ1) is 15.4. The Bertz CT molecular complexity index is 1160. The quantitative estimate of drug-likeness (QED) is 0.463. The summed E-state index contributed by atoms with van der Waals surface area (Å²) in [4.78, 5) is 17.0. The second-order valence-corrected chi connectivity index (χ2v) is 7.90. The highest BCUT2D eigenvalue weighted by Crippen LogP contribution is 2.30. The molecule has 162 valence electrons. The van der Waals surface area contributed by atoms with Crippen LogP contribution in [0.3, 0.4) is 0 Å². The molecule has 1 amide bonds. The van der Waals surface area contributed by atoms with Crippen molar-refractivity contribution in [1.82, 2.24) is 5.32 Å². The van der Waals surface area contributed by atoms with E-state index in [9.17, 15) is 18.0 Å². The monoisotopic (exact) mass is 454 g/mol. The van der Waals surface area contributed by atoms with Crippen LogP contribution >= 0.6 is 11.8 Å². The van der Waals surface area contributed by atoms with E-state index in [0.717, 1.165) is 23.4 Å². The molecule has 3 aromatic rings. The van der Waals surface area contributed by atoms with E-state index >= 15 is 0 Å². The van der Waals surface area contributed by atoms with Gasteiger partial charge in [0, 0.05) is 0 Å². The average molecular weight is 454 g/mol. The summed E-state index contributed by atoms with van der Waals surface area (Å²) >= 11 is 1.19. The molecule has 32 heavy (non-hydrogen) atoms. The minimum absolute atomic E-state index is 0.166. The van der Waals surface area contributed by atoms with E-state index in [1.807, 2.05) is 54.6 Å². The molecule has 8 heteroatoms. The van der Waals surface area contributed by atoms with Crippen LogP contribution in [0.5, 0.6) is 11.5 Å². The smallest absolute Gasteiger partial charge is 0.416 e. The summed E-state index contributed by atoms with van der Waals surface area (Å²) in [5, 5.41) is 3.08. The second kappa shape index (κ2) is 9.32. The Kier molecular flexibility index (Phi) is 6.32. The molecule has 0 saturated carbocycles.